The number of aliphatic hydroxyl groups excluding tert-OH is 1. The maximum absolute atomic E-state index is 12.6. The molecule has 2 aliphatic carbocycles. The molecule has 0 aliphatic heterocycles. The molecular formula is C20H24O5. The van der Waals surface area contributed by atoms with Gasteiger partial charge in [0, 0.05) is 17.4 Å². The lowest BCUT2D eigenvalue weighted by atomic mass is 9.91. The van der Waals surface area contributed by atoms with Crippen molar-refractivity contribution in [3.63, 3.8) is 0 Å². The Bertz CT molecular complexity index is 635. The van der Waals surface area contributed by atoms with E-state index in [1.807, 2.05) is 30.3 Å². The number of carbonyl (C=O) groups is 1. The normalized spacial score (nSPS) is 21.2. The van der Waals surface area contributed by atoms with Crippen molar-refractivity contribution in [3.8, 4) is 0 Å². The third-order valence-electron chi connectivity index (χ3n) is 4.49. The molecule has 2 bridgehead atoms. The average molecular weight is 344 g/mol. The predicted molar refractivity (Wildman–Crippen MR) is 93.8 cm³/mol. The van der Waals surface area contributed by atoms with Crippen molar-refractivity contribution in [1.29, 1.82) is 0 Å². The fraction of sp³-hybridized carbons (Fsp3) is 0.450. The van der Waals surface area contributed by atoms with Crippen molar-refractivity contribution in [2.75, 3.05) is 39.6 Å². The second-order valence-electron chi connectivity index (χ2n) is 6.11. The standard InChI is InChI=1S/C20H24O5/c21-8-9-23-10-11-24-12-13-25-20(22)19-17-7-6-16(14-17)18(19)15-4-2-1-3-5-15/h1-7,16-17,21H,8-14H2. The summed E-state index contributed by atoms with van der Waals surface area (Å²) in [6.07, 6.45) is 5.27. The Kier molecular flexibility index (Phi) is 6.39. The van der Waals surface area contributed by atoms with Crippen LogP contribution in [-0.4, -0.2) is 50.7 Å². The minimum atomic E-state index is -0.240. The monoisotopic (exact) mass is 344 g/mol. The van der Waals surface area contributed by atoms with Gasteiger partial charge in [0.25, 0.3) is 0 Å². The van der Waals surface area contributed by atoms with Crippen LogP contribution in [0.2, 0.25) is 0 Å². The fourth-order valence-electron chi connectivity index (χ4n) is 3.43. The SMILES string of the molecule is O=C(OCCOCCOCCO)C1=C(c2ccccc2)C2C=CC1C2. The zero-order valence-corrected chi connectivity index (χ0v) is 14.2. The molecular weight excluding hydrogens is 320 g/mol. The van der Waals surface area contributed by atoms with Crippen LogP contribution >= 0.6 is 0 Å². The number of allylic oxidation sites excluding steroid dienone is 3. The average Bonchev–Trinajstić information content (AvgIpc) is 3.26. The van der Waals surface area contributed by atoms with Gasteiger partial charge in [-0.2, -0.15) is 0 Å². The molecule has 5 heteroatoms. The molecule has 0 heterocycles. The van der Waals surface area contributed by atoms with Crippen molar-refractivity contribution in [2.24, 2.45) is 11.8 Å². The minimum Gasteiger partial charge on any atom is -0.460 e. The van der Waals surface area contributed by atoms with E-state index in [1.165, 1.54) is 0 Å². The van der Waals surface area contributed by atoms with E-state index in [-0.39, 0.29) is 25.1 Å². The van der Waals surface area contributed by atoms with Crippen molar-refractivity contribution in [1.82, 2.24) is 0 Å². The largest absolute Gasteiger partial charge is 0.460 e. The van der Waals surface area contributed by atoms with Gasteiger partial charge >= 0.3 is 5.97 Å². The van der Waals surface area contributed by atoms with Crippen LogP contribution < -0.4 is 0 Å². The first-order valence-electron chi connectivity index (χ1n) is 8.72. The van der Waals surface area contributed by atoms with Gasteiger partial charge in [-0.15, -0.1) is 0 Å². The summed E-state index contributed by atoms with van der Waals surface area (Å²) < 4.78 is 15.9. The highest BCUT2D eigenvalue weighted by Gasteiger charge is 2.39. The fourth-order valence-corrected chi connectivity index (χ4v) is 3.43. The molecule has 5 nitrogen and oxygen atoms in total. The summed E-state index contributed by atoms with van der Waals surface area (Å²) in [4.78, 5) is 12.6. The van der Waals surface area contributed by atoms with Gasteiger partial charge in [-0.05, 0) is 17.6 Å². The number of carbonyl (C=O) groups excluding carboxylic acids is 1. The van der Waals surface area contributed by atoms with Gasteiger partial charge in [0.05, 0.1) is 33.0 Å². The van der Waals surface area contributed by atoms with Gasteiger partial charge in [0.15, 0.2) is 0 Å². The minimum absolute atomic E-state index is 0.00702. The highest BCUT2D eigenvalue weighted by atomic mass is 16.6. The van der Waals surface area contributed by atoms with Gasteiger partial charge in [0.2, 0.25) is 0 Å². The quantitative estimate of drug-likeness (QED) is 0.400. The van der Waals surface area contributed by atoms with Crippen LogP contribution in [0.25, 0.3) is 5.57 Å². The number of hydrogen-bond donors (Lipinski definition) is 1. The third kappa shape index (κ3) is 4.37. The summed E-state index contributed by atoms with van der Waals surface area (Å²) in [5.74, 6) is 0.242. The molecule has 1 N–H and O–H groups in total. The van der Waals surface area contributed by atoms with E-state index in [0.29, 0.717) is 32.3 Å². The van der Waals surface area contributed by atoms with Crippen LogP contribution in [0.1, 0.15) is 12.0 Å². The van der Waals surface area contributed by atoms with Gasteiger partial charge in [-0.1, -0.05) is 42.5 Å². The number of benzene rings is 1. The number of aliphatic hydroxyl groups is 1. The Morgan fingerprint density at radius 1 is 0.960 bits per heavy atom. The Hall–Kier alpha value is -1.95. The zero-order valence-electron chi connectivity index (χ0n) is 14.2. The first-order valence-corrected chi connectivity index (χ1v) is 8.72. The molecule has 1 aromatic carbocycles. The summed E-state index contributed by atoms with van der Waals surface area (Å²) in [5, 5.41) is 8.59. The molecule has 2 atom stereocenters. The van der Waals surface area contributed by atoms with Gasteiger partial charge in [-0.25, -0.2) is 4.79 Å². The number of rotatable bonds is 10. The number of fused-ring (bicyclic) bond motifs is 2. The highest BCUT2D eigenvalue weighted by molar-refractivity contribution is 6.01. The maximum Gasteiger partial charge on any atom is 0.335 e. The molecule has 0 aromatic heterocycles. The van der Waals surface area contributed by atoms with Gasteiger partial charge in [-0.3, -0.25) is 0 Å². The van der Waals surface area contributed by atoms with E-state index in [9.17, 15) is 4.79 Å². The van der Waals surface area contributed by atoms with Crippen LogP contribution in [-0.2, 0) is 19.0 Å². The van der Waals surface area contributed by atoms with Crippen molar-refractivity contribution in [2.45, 2.75) is 6.42 Å². The second-order valence-corrected chi connectivity index (χ2v) is 6.11. The molecule has 0 fully saturated rings. The Labute approximate surface area is 147 Å². The summed E-state index contributed by atoms with van der Waals surface area (Å²) in [7, 11) is 0. The summed E-state index contributed by atoms with van der Waals surface area (Å²) in [6.45, 7) is 1.73. The van der Waals surface area contributed by atoms with Gasteiger partial charge in [0.1, 0.15) is 6.61 Å². The van der Waals surface area contributed by atoms with Crippen molar-refractivity contribution >= 4 is 11.5 Å². The highest BCUT2D eigenvalue weighted by Crippen LogP contribution is 2.48. The maximum atomic E-state index is 12.6. The molecule has 0 spiro atoms. The smallest absolute Gasteiger partial charge is 0.335 e. The molecule has 2 unspecified atom stereocenters. The molecule has 0 radical (unpaired) electrons. The third-order valence-corrected chi connectivity index (χ3v) is 4.49. The lowest BCUT2D eigenvalue weighted by Crippen LogP contribution is -2.17. The van der Waals surface area contributed by atoms with Crippen molar-refractivity contribution < 1.29 is 24.1 Å². The summed E-state index contributed by atoms with van der Waals surface area (Å²) in [5.41, 5.74) is 3.00. The molecule has 1 aromatic rings. The predicted octanol–water partition coefficient (Wildman–Crippen LogP) is 2.21. The Morgan fingerprint density at radius 3 is 2.40 bits per heavy atom. The van der Waals surface area contributed by atoms with Gasteiger partial charge < -0.3 is 19.3 Å². The lowest BCUT2D eigenvalue weighted by Gasteiger charge is -2.16. The van der Waals surface area contributed by atoms with E-state index < -0.39 is 0 Å². The summed E-state index contributed by atoms with van der Waals surface area (Å²) >= 11 is 0. The molecule has 25 heavy (non-hydrogen) atoms. The van der Waals surface area contributed by atoms with Crippen LogP contribution in [0.5, 0.6) is 0 Å². The zero-order chi connectivity index (χ0) is 17.5. The lowest BCUT2D eigenvalue weighted by molar-refractivity contribution is -0.141. The molecule has 0 saturated heterocycles. The molecule has 134 valence electrons. The van der Waals surface area contributed by atoms with Crippen LogP contribution in [0.15, 0.2) is 48.1 Å². The van der Waals surface area contributed by atoms with Crippen molar-refractivity contribution in [3.05, 3.63) is 53.6 Å². The topological polar surface area (TPSA) is 65.0 Å². The van der Waals surface area contributed by atoms with E-state index in [4.69, 9.17) is 19.3 Å². The van der Waals surface area contributed by atoms with E-state index in [0.717, 1.165) is 23.1 Å². The molecule has 0 saturated carbocycles. The van der Waals surface area contributed by atoms with Crippen LogP contribution in [0.3, 0.4) is 0 Å². The summed E-state index contributed by atoms with van der Waals surface area (Å²) in [6, 6.07) is 10.1. The van der Waals surface area contributed by atoms with Crippen LogP contribution in [0, 0.1) is 11.8 Å². The first-order chi connectivity index (χ1) is 12.3. The Morgan fingerprint density at radius 2 is 1.64 bits per heavy atom. The second kappa shape index (κ2) is 8.94. The molecule has 2 aliphatic rings. The molecule has 0 amide bonds. The van der Waals surface area contributed by atoms with E-state index in [1.54, 1.807) is 0 Å². The number of hydrogen-bond acceptors (Lipinski definition) is 5. The molecule has 3 rings (SSSR count). The number of esters is 1. The first kappa shape index (κ1) is 17.9. The van der Waals surface area contributed by atoms with Crippen LogP contribution in [0.4, 0.5) is 0 Å². The number of ether oxygens (including phenoxy) is 3. The van der Waals surface area contributed by atoms with E-state index >= 15 is 0 Å². The van der Waals surface area contributed by atoms with E-state index in [2.05, 4.69) is 12.2 Å². The Balaban J connectivity index is 1.51.